The Balaban J connectivity index is 2.04. The lowest BCUT2D eigenvalue weighted by atomic mass is 9.79. The third-order valence-electron chi connectivity index (χ3n) is 4.71. The predicted octanol–water partition coefficient (Wildman–Crippen LogP) is 2.62. The molecule has 0 spiro atoms. The Hall–Kier alpha value is -1.79. The molecular weight excluding hydrogens is 332 g/mol. The van der Waals surface area contributed by atoms with Crippen molar-refractivity contribution >= 4 is 5.91 Å². The first-order chi connectivity index (χ1) is 12.6. The minimum atomic E-state index is -0.0954. The minimum absolute atomic E-state index is 0.00257. The zero-order chi connectivity index (χ0) is 18.8. The van der Waals surface area contributed by atoms with E-state index in [-0.39, 0.29) is 11.3 Å². The van der Waals surface area contributed by atoms with E-state index in [2.05, 4.69) is 17.6 Å². The van der Waals surface area contributed by atoms with Gasteiger partial charge in [-0.15, -0.1) is 0 Å². The number of ether oxygens (including phenoxy) is 3. The van der Waals surface area contributed by atoms with Crippen molar-refractivity contribution in [3.63, 3.8) is 0 Å². The lowest BCUT2D eigenvalue weighted by molar-refractivity contribution is 0.0511. The van der Waals surface area contributed by atoms with Crippen LogP contribution in [0.5, 0.6) is 11.5 Å². The summed E-state index contributed by atoms with van der Waals surface area (Å²) >= 11 is 0. The molecule has 0 aromatic heterocycles. The van der Waals surface area contributed by atoms with Crippen LogP contribution in [0.2, 0.25) is 0 Å². The van der Waals surface area contributed by atoms with Crippen molar-refractivity contribution in [3.05, 3.63) is 23.8 Å². The van der Waals surface area contributed by atoms with Gasteiger partial charge in [0.15, 0.2) is 11.5 Å². The Labute approximate surface area is 156 Å². The van der Waals surface area contributed by atoms with Crippen LogP contribution in [0.4, 0.5) is 0 Å². The van der Waals surface area contributed by atoms with Crippen molar-refractivity contribution in [2.45, 2.75) is 33.1 Å². The molecule has 2 N–H and O–H groups in total. The molecule has 0 unspecified atom stereocenters. The molecule has 0 radical (unpaired) electrons. The maximum atomic E-state index is 12.7. The first kappa shape index (κ1) is 20.5. The standard InChI is InChI=1S/C20H32N2O4/c1-4-12-26-17-7-6-16(13-18(17)25-5-2)19(23)22-14-20(15-24-3)8-10-21-11-9-20/h6-7,13,21H,4-5,8-12,14-15H2,1-3H3,(H,22,23). The second-order valence-electron chi connectivity index (χ2n) is 6.81. The van der Waals surface area contributed by atoms with Crippen molar-refractivity contribution in [3.8, 4) is 11.5 Å². The highest BCUT2D eigenvalue weighted by atomic mass is 16.5. The average molecular weight is 364 g/mol. The fraction of sp³-hybridized carbons (Fsp3) is 0.650. The van der Waals surface area contributed by atoms with E-state index in [0.29, 0.717) is 43.4 Å². The maximum absolute atomic E-state index is 12.7. The van der Waals surface area contributed by atoms with Crippen LogP contribution < -0.4 is 20.1 Å². The fourth-order valence-electron chi connectivity index (χ4n) is 3.25. The van der Waals surface area contributed by atoms with Crippen molar-refractivity contribution in [1.29, 1.82) is 0 Å². The number of hydrogen-bond donors (Lipinski definition) is 2. The van der Waals surface area contributed by atoms with E-state index in [0.717, 1.165) is 32.4 Å². The Morgan fingerprint density at radius 3 is 2.62 bits per heavy atom. The molecule has 0 aliphatic carbocycles. The molecule has 1 saturated heterocycles. The number of methoxy groups -OCH3 is 1. The Morgan fingerprint density at radius 2 is 1.96 bits per heavy atom. The van der Waals surface area contributed by atoms with Gasteiger partial charge in [-0.05, 0) is 57.5 Å². The van der Waals surface area contributed by atoms with Gasteiger partial charge in [-0.25, -0.2) is 0 Å². The van der Waals surface area contributed by atoms with Gasteiger partial charge in [-0.1, -0.05) is 6.92 Å². The molecule has 146 valence electrons. The van der Waals surface area contributed by atoms with Crippen LogP contribution in [0.15, 0.2) is 18.2 Å². The summed E-state index contributed by atoms with van der Waals surface area (Å²) in [6.45, 7) is 8.30. The lowest BCUT2D eigenvalue weighted by Gasteiger charge is -2.37. The van der Waals surface area contributed by atoms with Gasteiger partial charge < -0.3 is 24.8 Å². The first-order valence-electron chi connectivity index (χ1n) is 9.51. The molecule has 0 saturated carbocycles. The van der Waals surface area contributed by atoms with E-state index < -0.39 is 0 Å². The second-order valence-corrected chi connectivity index (χ2v) is 6.81. The maximum Gasteiger partial charge on any atom is 0.251 e. The Kier molecular flexibility index (Phi) is 8.19. The number of carbonyl (C=O) groups is 1. The van der Waals surface area contributed by atoms with Gasteiger partial charge in [0, 0.05) is 24.6 Å². The van der Waals surface area contributed by atoms with Crippen molar-refractivity contribution < 1.29 is 19.0 Å². The highest BCUT2D eigenvalue weighted by Crippen LogP contribution is 2.30. The molecule has 0 bridgehead atoms. The summed E-state index contributed by atoms with van der Waals surface area (Å²) in [6, 6.07) is 5.36. The van der Waals surface area contributed by atoms with Gasteiger partial charge in [-0.3, -0.25) is 4.79 Å². The number of carbonyl (C=O) groups excluding carboxylic acids is 1. The van der Waals surface area contributed by atoms with Gasteiger partial charge >= 0.3 is 0 Å². The molecule has 0 atom stereocenters. The zero-order valence-corrected chi connectivity index (χ0v) is 16.2. The number of amides is 1. The molecule has 6 heteroatoms. The summed E-state index contributed by atoms with van der Waals surface area (Å²) in [6.07, 6.45) is 2.91. The van der Waals surface area contributed by atoms with E-state index in [4.69, 9.17) is 14.2 Å². The Bertz CT molecular complexity index is 565. The van der Waals surface area contributed by atoms with Crippen LogP contribution in [0.3, 0.4) is 0 Å². The summed E-state index contributed by atoms with van der Waals surface area (Å²) in [5.41, 5.74) is 0.585. The third kappa shape index (κ3) is 5.61. The summed E-state index contributed by atoms with van der Waals surface area (Å²) in [4.78, 5) is 12.7. The fourth-order valence-corrected chi connectivity index (χ4v) is 3.25. The molecule has 1 heterocycles. The van der Waals surface area contributed by atoms with Crippen LogP contribution in [0, 0.1) is 5.41 Å². The quantitative estimate of drug-likeness (QED) is 0.668. The number of nitrogens with one attached hydrogen (secondary N) is 2. The van der Waals surface area contributed by atoms with Crippen molar-refractivity contribution in [2.75, 3.05) is 46.6 Å². The normalized spacial score (nSPS) is 16.1. The van der Waals surface area contributed by atoms with E-state index in [9.17, 15) is 4.79 Å². The summed E-state index contributed by atoms with van der Waals surface area (Å²) < 4.78 is 16.8. The molecule has 26 heavy (non-hydrogen) atoms. The van der Waals surface area contributed by atoms with E-state index >= 15 is 0 Å². The van der Waals surface area contributed by atoms with Crippen LogP contribution in [-0.2, 0) is 4.74 Å². The number of hydrogen-bond acceptors (Lipinski definition) is 5. The highest BCUT2D eigenvalue weighted by molar-refractivity contribution is 5.94. The molecule has 1 aliphatic rings. The largest absolute Gasteiger partial charge is 0.490 e. The van der Waals surface area contributed by atoms with E-state index in [1.54, 1.807) is 19.2 Å². The summed E-state index contributed by atoms with van der Waals surface area (Å²) in [7, 11) is 1.72. The van der Waals surface area contributed by atoms with Crippen LogP contribution >= 0.6 is 0 Å². The lowest BCUT2D eigenvalue weighted by Crippen LogP contribution is -2.47. The van der Waals surface area contributed by atoms with Crippen LogP contribution in [0.1, 0.15) is 43.5 Å². The van der Waals surface area contributed by atoms with Crippen molar-refractivity contribution in [2.24, 2.45) is 5.41 Å². The van der Waals surface area contributed by atoms with E-state index in [1.165, 1.54) is 0 Å². The zero-order valence-electron chi connectivity index (χ0n) is 16.2. The molecule has 1 fully saturated rings. The van der Waals surface area contributed by atoms with Crippen LogP contribution in [0.25, 0.3) is 0 Å². The molecule has 6 nitrogen and oxygen atoms in total. The molecule has 1 aliphatic heterocycles. The molecule has 1 aromatic carbocycles. The van der Waals surface area contributed by atoms with Gasteiger partial charge in [0.25, 0.3) is 5.91 Å². The smallest absolute Gasteiger partial charge is 0.251 e. The van der Waals surface area contributed by atoms with Gasteiger partial charge in [0.2, 0.25) is 0 Å². The molecular formula is C20H32N2O4. The topological polar surface area (TPSA) is 68.8 Å². The van der Waals surface area contributed by atoms with Gasteiger partial charge in [0.1, 0.15) is 0 Å². The van der Waals surface area contributed by atoms with E-state index in [1.807, 2.05) is 13.0 Å². The molecule has 2 rings (SSSR count). The minimum Gasteiger partial charge on any atom is -0.490 e. The van der Waals surface area contributed by atoms with Gasteiger partial charge in [0.05, 0.1) is 19.8 Å². The molecule has 1 aromatic rings. The average Bonchev–Trinajstić information content (AvgIpc) is 2.66. The Morgan fingerprint density at radius 1 is 1.19 bits per heavy atom. The summed E-state index contributed by atoms with van der Waals surface area (Å²) in [5.74, 6) is 1.20. The molecule has 1 amide bonds. The second kappa shape index (κ2) is 10.4. The summed E-state index contributed by atoms with van der Waals surface area (Å²) in [5, 5.41) is 6.45. The predicted molar refractivity (Wildman–Crippen MR) is 102 cm³/mol. The third-order valence-corrected chi connectivity index (χ3v) is 4.71. The monoisotopic (exact) mass is 364 g/mol. The number of benzene rings is 1. The van der Waals surface area contributed by atoms with Gasteiger partial charge in [-0.2, -0.15) is 0 Å². The van der Waals surface area contributed by atoms with Crippen molar-refractivity contribution in [1.82, 2.24) is 10.6 Å². The highest BCUT2D eigenvalue weighted by Gasteiger charge is 2.32. The van der Waals surface area contributed by atoms with Crippen LogP contribution in [-0.4, -0.2) is 52.5 Å². The first-order valence-corrected chi connectivity index (χ1v) is 9.51. The number of piperidine rings is 1. The SMILES string of the molecule is CCCOc1ccc(C(=O)NCC2(COC)CCNCC2)cc1OCC. The number of rotatable bonds is 10.